The molecule has 2 heterocycles. The van der Waals surface area contributed by atoms with Crippen LogP contribution in [-0.2, 0) is 35.3 Å². The number of nitrogens with zero attached hydrogens (tertiary/aromatic N) is 5. The van der Waals surface area contributed by atoms with Gasteiger partial charge in [0.05, 0.1) is 13.0 Å². The third-order valence-electron chi connectivity index (χ3n) is 5.90. The van der Waals surface area contributed by atoms with E-state index in [-0.39, 0.29) is 36.7 Å². The average molecular weight is 538 g/mol. The molecule has 2 N–H and O–H groups in total. The van der Waals surface area contributed by atoms with Crippen LogP contribution in [0.3, 0.4) is 0 Å². The number of hydrogen-bond donors (Lipinski definition) is 1. The SMILES string of the molecule is NC(=O)C(N=C(CC(=O)N1CCn2c(nnc2C(F)(F)F)C1)Cc1cc(F)c(F)cc1F)c1ccccc1. The molecule has 8 nitrogen and oxygen atoms in total. The summed E-state index contributed by atoms with van der Waals surface area (Å²) in [5.41, 5.74) is 5.50. The molecule has 0 fully saturated rings. The Morgan fingerprint density at radius 1 is 1.00 bits per heavy atom. The zero-order chi connectivity index (χ0) is 27.6. The monoisotopic (exact) mass is 538 g/mol. The topological polar surface area (TPSA) is 106 Å². The second-order valence-corrected chi connectivity index (χ2v) is 8.53. The highest BCUT2D eigenvalue weighted by Gasteiger charge is 2.40. The Kier molecular flexibility index (Phi) is 7.51. The summed E-state index contributed by atoms with van der Waals surface area (Å²) < 4.78 is 81.9. The lowest BCUT2D eigenvalue weighted by Crippen LogP contribution is -2.40. The highest BCUT2D eigenvalue weighted by atomic mass is 19.4. The minimum absolute atomic E-state index is 0.0735. The van der Waals surface area contributed by atoms with E-state index in [1.165, 1.54) is 4.90 Å². The van der Waals surface area contributed by atoms with Crippen LogP contribution in [0, 0.1) is 17.5 Å². The number of aromatic nitrogens is 3. The summed E-state index contributed by atoms with van der Waals surface area (Å²) in [6.45, 7) is -0.620. The van der Waals surface area contributed by atoms with Crippen molar-refractivity contribution in [1.82, 2.24) is 19.7 Å². The van der Waals surface area contributed by atoms with Gasteiger partial charge in [0, 0.05) is 31.3 Å². The van der Waals surface area contributed by atoms with Crippen LogP contribution < -0.4 is 5.73 Å². The molecule has 3 aromatic rings. The van der Waals surface area contributed by atoms with Crippen molar-refractivity contribution >= 4 is 17.5 Å². The largest absolute Gasteiger partial charge is 0.451 e. The Balaban J connectivity index is 1.63. The van der Waals surface area contributed by atoms with E-state index in [1.54, 1.807) is 30.3 Å². The van der Waals surface area contributed by atoms with Crippen molar-refractivity contribution < 1.29 is 35.9 Å². The fraction of sp³-hybridized carbons (Fsp3) is 0.292. The number of carbonyl (C=O) groups is 2. The van der Waals surface area contributed by atoms with Crippen LogP contribution in [0.25, 0.3) is 0 Å². The number of benzene rings is 2. The Labute approximate surface area is 211 Å². The van der Waals surface area contributed by atoms with E-state index in [4.69, 9.17) is 5.73 Å². The van der Waals surface area contributed by atoms with Gasteiger partial charge in [-0.05, 0) is 17.2 Å². The van der Waals surface area contributed by atoms with Gasteiger partial charge in [0.1, 0.15) is 5.82 Å². The molecule has 1 aliphatic rings. The number of halogens is 6. The number of nitrogens with two attached hydrogens (primary N) is 1. The molecular weight excluding hydrogens is 518 g/mol. The van der Waals surface area contributed by atoms with Gasteiger partial charge >= 0.3 is 6.18 Å². The molecule has 0 bridgehead atoms. The predicted octanol–water partition coefficient (Wildman–Crippen LogP) is 3.36. The van der Waals surface area contributed by atoms with Crippen molar-refractivity contribution in [1.29, 1.82) is 0 Å². The number of carbonyl (C=O) groups excluding carboxylic acids is 2. The van der Waals surface area contributed by atoms with Crippen molar-refractivity contribution in [3.63, 3.8) is 0 Å². The van der Waals surface area contributed by atoms with Crippen molar-refractivity contribution in [3.8, 4) is 0 Å². The Morgan fingerprint density at radius 2 is 1.68 bits per heavy atom. The molecule has 0 spiro atoms. The lowest BCUT2D eigenvalue weighted by atomic mass is 10.0. The van der Waals surface area contributed by atoms with Gasteiger partial charge in [0.25, 0.3) is 0 Å². The molecule has 1 aliphatic heterocycles. The van der Waals surface area contributed by atoms with E-state index in [0.717, 1.165) is 4.57 Å². The summed E-state index contributed by atoms with van der Waals surface area (Å²) in [4.78, 5) is 30.8. The van der Waals surface area contributed by atoms with Gasteiger partial charge in [-0.25, -0.2) is 13.2 Å². The molecule has 2 aromatic carbocycles. The molecule has 0 radical (unpaired) electrons. The lowest BCUT2D eigenvalue weighted by Gasteiger charge is -2.28. The van der Waals surface area contributed by atoms with Gasteiger partial charge in [0.15, 0.2) is 23.5 Å². The number of amides is 2. The van der Waals surface area contributed by atoms with E-state index in [9.17, 15) is 35.9 Å². The first-order chi connectivity index (χ1) is 17.9. The zero-order valence-corrected chi connectivity index (χ0v) is 19.6. The van der Waals surface area contributed by atoms with Crippen molar-refractivity contribution in [3.05, 3.63) is 82.7 Å². The Hall–Kier alpha value is -4.23. The van der Waals surface area contributed by atoms with Crippen LogP contribution in [0.5, 0.6) is 0 Å². The van der Waals surface area contributed by atoms with Gasteiger partial charge in [-0.1, -0.05) is 30.3 Å². The van der Waals surface area contributed by atoms with E-state index >= 15 is 0 Å². The van der Waals surface area contributed by atoms with Crippen molar-refractivity contribution in [2.75, 3.05) is 6.54 Å². The van der Waals surface area contributed by atoms with Crippen LogP contribution in [-0.4, -0.2) is 43.7 Å². The lowest BCUT2D eigenvalue weighted by molar-refractivity contribution is -0.148. The molecule has 1 aromatic heterocycles. The maximum Gasteiger partial charge on any atom is 0.451 e. The first kappa shape index (κ1) is 26.8. The molecule has 2 amide bonds. The number of aliphatic imine (C=N–C) groups is 1. The third kappa shape index (κ3) is 5.84. The average Bonchev–Trinajstić information content (AvgIpc) is 3.30. The fourth-order valence-corrected chi connectivity index (χ4v) is 4.06. The number of alkyl halides is 3. The van der Waals surface area contributed by atoms with Crippen LogP contribution in [0.1, 0.15) is 35.2 Å². The Bertz CT molecular complexity index is 1390. The first-order valence-electron chi connectivity index (χ1n) is 11.2. The quantitative estimate of drug-likeness (QED) is 0.283. The minimum Gasteiger partial charge on any atom is -0.368 e. The molecule has 4 rings (SSSR count). The van der Waals surface area contributed by atoms with Gasteiger partial charge in [0.2, 0.25) is 17.6 Å². The minimum atomic E-state index is -4.72. The summed E-state index contributed by atoms with van der Waals surface area (Å²) in [7, 11) is 0. The summed E-state index contributed by atoms with van der Waals surface area (Å²) >= 11 is 0. The highest BCUT2D eigenvalue weighted by molar-refractivity contribution is 6.03. The number of hydrogen-bond acceptors (Lipinski definition) is 5. The smallest absolute Gasteiger partial charge is 0.368 e. The molecular formula is C24H20F6N6O2. The maximum absolute atomic E-state index is 14.4. The molecule has 38 heavy (non-hydrogen) atoms. The molecule has 1 atom stereocenters. The fourth-order valence-electron chi connectivity index (χ4n) is 4.06. The number of rotatable bonds is 7. The molecule has 0 saturated carbocycles. The van der Waals surface area contributed by atoms with Crippen LogP contribution in [0.2, 0.25) is 0 Å². The van der Waals surface area contributed by atoms with E-state index in [1.807, 2.05) is 0 Å². The van der Waals surface area contributed by atoms with Gasteiger partial charge in [-0.15, -0.1) is 10.2 Å². The van der Waals surface area contributed by atoms with E-state index < -0.39 is 60.2 Å². The summed E-state index contributed by atoms with van der Waals surface area (Å²) in [5, 5.41) is 6.69. The molecule has 0 aliphatic carbocycles. The van der Waals surface area contributed by atoms with Crippen molar-refractivity contribution in [2.45, 2.75) is 38.1 Å². The predicted molar refractivity (Wildman–Crippen MR) is 121 cm³/mol. The van der Waals surface area contributed by atoms with E-state index in [0.29, 0.717) is 17.7 Å². The van der Waals surface area contributed by atoms with Gasteiger partial charge in [-0.3, -0.25) is 14.6 Å². The van der Waals surface area contributed by atoms with Gasteiger partial charge in [-0.2, -0.15) is 13.2 Å². The van der Waals surface area contributed by atoms with Gasteiger partial charge < -0.3 is 15.2 Å². The molecule has 14 heteroatoms. The summed E-state index contributed by atoms with van der Waals surface area (Å²) in [6, 6.07) is 7.76. The standard InChI is InChI=1S/C24H20F6N6O2/c25-16-11-18(27)17(26)9-14(16)8-15(32-21(22(31)38)13-4-2-1-3-5-13)10-20(37)35-6-7-36-19(12-35)33-34-23(36)24(28,29)30/h1-5,9,11,21H,6-8,10,12H2,(H2,31,38). The maximum atomic E-state index is 14.4. The van der Waals surface area contributed by atoms with Crippen LogP contribution in [0.15, 0.2) is 47.5 Å². The second kappa shape index (κ2) is 10.6. The summed E-state index contributed by atoms with van der Waals surface area (Å²) in [6.07, 6.45) is -5.68. The number of fused-ring (bicyclic) bond motifs is 1. The van der Waals surface area contributed by atoms with Crippen LogP contribution >= 0.6 is 0 Å². The Morgan fingerprint density at radius 3 is 2.34 bits per heavy atom. The van der Waals surface area contributed by atoms with Crippen molar-refractivity contribution in [2.24, 2.45) is 10.7 Å². The zero-order valence-electron chi connectivity index (χ0n) is 19.6. The number of primary amides is 1. The van der Waals surface area contributed by atoms with E-state index in [2.05, 4.69) is 15.2 Å². The molecule has 1 unspecified atom stereocenters. The molecule has 200 valence electrons. The highest BCUT2D eigenvalue weighted by Crippen LogP contribution is 2.29. The third-order valence-corrected chi connectivity index (χ3v) is 5.90. The first-order valence-corrected chi connectivity index (χ1v) is 11.2. The summed E-state index contributed by atoms with van der Waals surface area (Å²) in [5.74, 6) is -6.58. The van der Waals surface area contributed by atoms with Crippen LogP contribution in [0.4, 0.5) is 26.3 Å². The molecule has 0 saturated heterocycles. The second-order valence-electron chi connectivity index (χ2n) is 8.53. The normalized spacial score (nSPS) is 14.8.